The van der Waals surface area contributed by atoms with Gasteiger partial charge in [0.1, 0.15) is 5.82 Å². The van der Waals surface area contributed by atoms with E-state index in [1.807, 2.05) is 6.07 Å². The van der Waals surface area contributed by atoms with Crippen molar-refractivity contribution in [2.45, 2.75) is 71.4 Å². The van der Waals surface area contributed by atoms with Crippen LogP contribution in [0.2, 0.25) is 0 Å². The van der Waals surface area contributed by atoms with Crippen molar-refractivity contribution in [2.24, 2.45) is 11.3 Å². The van der Waals surface area contributed by atoms with Gasteiger partial charge in [0.05, 0.1) is 0 Å². The number of piperidine rings is 1. The lowest BCUT2D eigenvalue weighted by molar-refractivity contribution is 0.0723. The molecule has 3 heteroatoms. The van der Waals surface area contributed by atoms with Gasteiger partial charge in [-0.15, -0.1) is 0 Å². The second-order valence-electron chi connectivity index (χ2n) is 9.56. The molecule has 2 heterocycles. The lowest BCUT2D eigenvalue weighted by Crippen LogP contribution is -2.44. The molecule has 2 nitrogen and oxygen atoms in total. The average molecular weight is 357 g/mol. The third-order valence-corrected chi connectivity index (χ3v) is 7.01. The van der Waals surface area contributed by atoms with Gasteiger partial charge >= 0.3 is 0 Å². The minimum atomic E-state index is -0.143. The summed E-state index contributed by atoms with van der Waals surface area (Å²) in [7, 11) is 0. The Balaban J connectivity index is 1.36. The highest BCUT2D eigenvalue weighted by Crippen LogP contribution is 2.40. The van der Waals surface area contributed by atoms with E-state index in [4.69, 9.17) is 0 Å². The Bertz CT molecular complexity index is 741. The largest absolute Gasteiger partial charge is 0.344 e. The van der Waals surface area contributed by atoms with Crippen LogP contribution in [0.1, 0.15) is 65.3 Å². The molecule has 0 spiro atoms. The van der Waals surface area contributed by atoms with Crippen LogP contribution < -0.4 is 0 Å². The Labute approximate surface area is 157 Å². The number of likely N-dealkylation sites (tertiary alicyclic amines) is 1. The number of aromatic nitrogens is 1. The van der Waals surface area contributed by atoms with Gasteiger partial charge in [-0.2, -0.15) is 0 Å². The van der Waals surface area contributed by atoms with Crippen LogP contribution in [0.3, 0.4) is 0 Å². The maximum absolute atomic E-state index is 13.4. The van der Waals surface area contributed by atoms with Crippen molar-refractivity contribution in [1.82, 2.24) is 9.47 Å². The van der Waals surface area contributed by atoms with Crippen LogP contribution in [0.4, 0.5) is 4.39 Å². The summed E-state index contributed by atoms with van der Waals surface area (Å²) in [6.07, 6.45) is 10.1. The summed E-state index contributed by atoms with van der Waals surface area (Å²) in [5.41, 5.74) is 1.64. The third kappa shape index (κ3) is 3.55. The van der Waals surface area contributed by atoms with Gasteiger partial charge in [-0.1, -0.05) is 20.8 Å². The molecule has 0 amide bonds. The molecule has 1 saturated heterocycles. The summed E-state index contributed by atoms with van der Waals surface area (Å²) in [6, 6.07) is 8.57. The van der Waals surface area contributed by atoms with E-state index in [0.717, 1.165) is 17.3 Å². The normalized spacial score (nSPS) is 26.5. The van der Waals surface area contributed by atoms with Crippen molar-refractivity contribution in [3.63, 3.8) is 0 Å². The highest BCUT2D eigenvalue weighted by Gasteiger charge is 2.33. The molecule has 0 radical (unpaired) electrons. The molecule has 2 aromatic rings. The van der Waals surface area contributed by atoms with Gasteiger partial charge in [0, 0.05) is 42.3 Å². The molecule has 0 atom stereocenters. The highest BCUT2D eigenvalue weighted by atomic mass is 19.1. The van der Waals surface area contributed by atoms with E-state index in [-0.39, 0.29) is 5.82 Å². The molecular weight excluding hydrogens is 323 g/mol. The maximum atomic E-state index is 13.4. The molecule has 4 rings (SSSR count). The van der Waals surface area contributed by atoms with E-state index in [0.29, 0.717) is 11.5 Å². The first-order valence-corrected chi connectivity index (χ1v) is 10.4. The summed E-state index contributed by atoms with van der Waals surface area (Å²) >= 11 is 0. The second-order valence-corrected chi connectivity index (χ2v) is 9.56. The topological polar surface area (TPSA) is 8.17 Å². The number of hydrogen-bond acceptors (Lipinski definition) is 1. The minimum absolute atomic E-state index is 0.143. The van der Waals surface area contributed by atoms with E-state index in [1.54, 1.807) is 12.1 Å². The first-order chi connectivity index (χ1) is 12.4. The zero-order chi connectivity index (χ0) is 18.3. The zero-order valence-corrected chi connectivity index (χ0v) is 16.5. The Kier molecular flexibility index (Phi) is 4.85. The molecular formula is C23H33FN2. The predicted octanol–water partition coefficient (Wildman–Crippen LogP) is 6.02. The van der Waals surface area contributed by atoms with Crippen LogP contribution >= 0.6 is 0 Å². The van der Waals surface area contributed by atoms with Gasteiger partial charge < -0.3 is 9.47 Å². The summed E-state index contributed by atoms with van der Waals surface area (Å²) < 4.78 is 15.8. The smallest absolute Gasteiger partial charge is 0.123 e. The number of hydrogen-bond donors (Lipinski definition) is 0. The lowest BCUT2D eigenvalue weighted by atomic mass is 9.71. The Morgan fingerprint density at radius 1 is 0.885 bits per heavy atom. The van der Waals surface area contributed by atoms with E-state index < -0.39 is 0 Å². The number of rotatable bonds is 2. The monoisotopic (exact) mass is 356 g/mol. The molecule has 1 saturated carbocycles. The molecule has 1 aliphatic heterocycles. The predicted molar refractivity (Wildman–Crippen MR) is 107 cm³/mol. The number of benzene rings is 1. The first kappa shape index (κ1) is 18.0. The number of nitrogens with zero attached hydrogens (tertiary/aromatic N) is 2. The van der Waals surface area contributed by atoms with Crippen molar-refractivity contribution in [3.8, 4) is 0 Å². The van der Waals surface area contributed by atoms with Gasteiger partial charge in [-0.25, -0.2) is 4.39 Å². The highest BCUT2D eigenvalue weighted by molar-refractivity contribution is 5.80. The molecule has 1 aliphatic carbocycles. The summed E-state index contributed by atoms with van der Waals surface area (Å²) in [5.74, 6) is 0.749. The SMILES string of the molecule is CC(C)(C)C1CCC(N2CCC(n3ccc4cc(F)ccc43)CC2)CC1. The van der Waals surface area contributed by atoms with E-state index in [9.17, 15) is 4.39 Å². The van der Waals surface area contributed by atoms with Crippen molar-refractivity contribution in [3.05, 3.63) is 36.3 Å². The quantitative estimate of drug-likeness (QED) is 0.638. The fraction of sp³-hybridized carbons (Fsp3) is 0.652. The Morgan fingerprint density at radius 3 is 2.23 bits per heavy atom. The molecule has 142 valence electrons. The van der Waals surface area contributed by atoms with Gasteiger partial charge in [0.2, 0.25) is 0 Å². The molecule has 1 aromatic carbocycles. The van der Waals surface area contributed by atoms with Crippen LogP contribution in [0.25, 0.3) is 10.9 Å². The van der Waals surface area contributed by atoms with Gasteiger partial charge in [0.25, 0.3) is 0 Å². The van der Waals surface area contributed by atoms with Gasteiger partial charge in [-0.05, 0) is 74.1 Å². The summed E-state index contributed by atoms with van der Waals surface area (Å²) in [5, 5.41) is 1.02. The van der Waals surface area contributed by atoms with E-state index in [1.165, 1.54) is 57.1 Å². The second kappa shape index (κ2) is 6.99. The zero-order valence-electron chi connectivity index (χ0n) is 16.5. The van der Waals surface area contributed by atoms with Crippen molar-refractivity contribution in [1.29, 1.82) is 0 Å². The van der Waals surface area contributed by atoms with Crippen molar-refractivity contribution < 1.29 is 4.39 Å². The van der Waals surface area contributed by atoms with Crippen molar-refractivity contribution >= 4 is 10.9 Å². The molecule has 0 unspecified atom stereocenters. The standard InChI is InChI=1S/C23H33FN2/c1-23(2,3)18-4-7-20(8-5-18)25-13-11-21(12-14-25)26-15-10-17-16-19(24)6-9-22(17)26/h6,9-10,15-16,18,20-21H,4-5,7-8,11-14H2,1-3H3. The molecule has 2 aliphatic rings. The van der Waals surface area contributed by atoms with Crippen LogP contribution in [-0.4, -0.2) is 28.6 Å². The Morgan fingerprint density at radius 2 is 1.58 bits per heavy atom. The molecule has 26 heavy (non-hydrogen) atoms. The van der Waals surface area contributed by atoms with Crippen LogP contribution in [0.15, 0.2) is 30.5 Å². The fourth-order valence-corrected chi connectivity index (χ4v) is 5.29. The third-order valence-electron chi connectivity index (χ3n) is 7.01. The van der Waals surface area contributed by atoms with Gasteiger partial charge in [-0.3, -0.25) is 0 Å². The van der Waals surface area contributed by atoms with E-state index in [2.05, 4.69) is 42.5 Å². The van der Waals surface area contributed by atoms with E-state index >= 15 is 0 Å². The number of fused-ring (bicyclic) bond motifs is 1. The minimum Gasteiger partial charge on any atom is -0.344 e. The fourth-order valence-electron chi connectivity index (χ4n) is 5.29. The van der Waals surface area contributed by atoms with Gasteiger partial charge in [0.15, 0.2) is 0 Å². The molecule has 0 N–H and O–H groups in total. The molecule has 1 aromatic heterocycles. The van der Waals surface area contributed by atoms with Crippen molar-refractivity contribution in [2.75, 3.05) is 13.1 Å². The maximum Gasteiger partial charge on any atom is 0.123 e. The molecule has 0 bridgehead atoms. The summed E-state index contributed by atoms with van der Waals surface area (Å²) in [4.78, 5) is 2.75. The van der Waals surface area contributed by atoms with Crippen LogP contribution in [0, 0.1) is 17.2 Å². The lowest BCUT2D eigenvalue weighted by Gasteiger charge is -2.43. The average Bonchev–Trinajstić information content (AvgIpc) is 3.04. The summed E-state index contributed by atoms with van der Waals surface area (Å²) in [6.45, 7) is 9.61. The van der Waals surface area contributed by atoms with Crippen LogP contribution in [-0.2, 0) is 0 Å². The Hall–Kier alpha value is -1.35. The van der Waals surface area contributed by atoms with Crippen LogP contribution in [0.5, 0.6) is 0 Å². The first-order valence-electron chi connectivity index (χ1n) is 10.4. The number of halogens is 1. The molecule has 2 fully saturated rings.